The number of nitriles is 2. The molecule has 0 fully saturated rings. The molecule has 0 saturated heterocycles. The fraction of sp³-hybridized carbons (Fsp3) is 0.895. The topological polar surface area (TPSA) is 69.3 Å². The molecule has 0 aliphatic carbocycles. The highest BCUT2D eigenvalue weighted by molar-refractivity contribution is 7.36. The van der Waals surface area contributed by atoms with Crippen molar-refractivity contribution in [3.63, 3.8) is 0 Å². The lowest BCUT2D eigenvalue weighted by molar-refractivity contribution is -0.154. The lowest BCUT2D eigenvalue weighted by atomic mass is 9.74. The zero-order valence-electron chi connectivity index (χ0n) is 16.7. The fourth-order valence-electron chi connectivity index (χ4n) is 3.11. The molecule has 0 aromatic heterocycles. The summed E-state index contributed by atoms with van der Waals surface area (Å²) < 4.78 is 12.7. The Kier molecular flexibility index (Phi) is 13.8. The lowest BCUT2D eigenvalue weighted by Gasteiger charge is -2.42. The zero-order valence-corrected chi connectivity index (χ0v) is 17.7. The third kappa shape index (κ3) is 8.87. The van der Waals surface area contributed by atoms with E-state index in [-0.39, 0.29) is 26.3 Å². The second-order valence-corrected chi connectivity index (χ2v) is 7.89. The van der Waals surface area contributed by atoms with Crippen LogP contribution < -0.4 is 0 Å². The van der Waals surface area contributed by atoms with Gasteiger partial charge in [0.2, 0.25) is 0 Å². The van der Waals surface area contributed by atoms with Crippen LogP contribution in [0.5, 0.6) is 0 Å². The van der Waals surface area contributed by atoms with Crippen molar-refractivity contribution in [3.05, 3.63) is 0 Å². The van der Waals surface area contributed by atoms with Gasteiger partial charge in [0.1, 0.15) is 5.85 Å². The van der Waals surface area contributed by atoms with Crippen molar-refractivity contribution >= 4 is 8.73 Å². The van der Waals surface area contributed by atoms with Crippen LogP contribution in [0.25, 0.3) is 0 Å². The number of ether oxygens (including phenoxy) is 2. The van der Waals surface area contributed by atoms with Crippen molar-refractivity contribution in [2.75, 3.05) is 7.11 Å². The third-order valence-corrected chi connectivity index (χ3v) is 6.19. The molecule has 0 aliphatic rings. The van der Waals surface area contributed by atoms with E-state index < -0.39 is 0 Å². The van der Waals surface area contributed by atoms with E-state index >= 15 is 0 Å². The maximum atomic E-state index is 9.23. The van der Waals surface area contributed by atoms with Crippen LogP contribution in [0.4, 0.5) is 0 Å². The SMILES string of the molecule is CCCCC(CCCC)(CCCC)C(OC(C)OC)PN(C#N)C#N. The van der Waals surface area contributed by atoms with Crippen LogP contribution in [0.1, 0.15) is 85.5 Å². The molecule has 5 nitrogen and oxygen atoms in total. The molecule has 25 heavy (non-hydrogen) atoms. The van der Waals surface area contributed by atoms with Crippen LogP contribution in [-0.4, -0.2) is 23.9 Å². The molecule has 0 aromatic carbocycles. The summed E-state index contributed by atoms with van der Waals surface area (Å²) in [6, 6.07) is 0. The summed E-state index contributed by atoms with van der Waals surface area (Å²) in [6.45, 7) is 8.50. The van der Waals surface area contributed by atoms with Gasteiger partial charge in [-0.2, -0.15) is 15.2 Å². The van der Waals surface area contributed by atoms with Crippen molar-refractivity contribution in [1.29, 1.82) is 10.5 Å². The lowest BCUT2D eigenvalue weighted by Crippen LogP contribution is -2.38. The first-order chi connectivity index (χ1) is 12.0. The van der Waals surface area contributed by atoms with Crippen molar-refractivity contribution in [2.24, 2.45) is 5.41 Å². The van der Waals surface area contributed by atoms with Gasteiger partial charge in [-0.15, -0.1) is 0 Å². The summed E-state index contributed by atoms with van der Waals surface area (Å²) in [5.74, 6) is -0.161. The smallest absolute Gasteiger partial charge is 0.197 e. The van der Waals surface area contributed by atoms with E-state index in [1.807, 2.05) is 19.3 Å². The van der Waals surface area contributed by atoms with E-state index in [0.717, 1.165) is 62.5 Å². The van der Waals surface area contributed by atoms with Crippen molar-refractivity contribution in [1.82, 2.24) is 4.67 Å². The molecule has 0 aliphatic heterocycles. The third-order valence-electron chi connectivity index (χ3n) is 4.75. The molecular formula is C19H36N3O2P. The molecule has 0 N–H and O–H groups in total. The second kappa shape index (κ2) is 14.3. The van der Waals surface area contributed by atoms with Crippen LogP contribution >= 0.6 is 8.73 Å². The molecular weight excluding hydrogens is 333 g/mol. The maximum absolute atomic E-state index is 9.23. The Balaban J connectivity index is 5.68. The van der Waals surface area contributed by atoms with E-state index in [4.69, 9.17) is 9.47 Å². The van der Waals surface area contributed by atoms with Crippen molar-refractivity contribution in [3.8, 4) is 12.4 Å². The van der Waals surface area contributed by atoms with Gasteiger partial charge in [0.25, 0.3) is 0 Å². The normalized spacial score (nSPS) is 14.2. The molecule has 0 amide bonds. The minimum atomic E-state index is -0.346. The molecule has 0 aromatic rings. The average molecular weight is 369 g/mol. The van der Waals surface area contributed by atoms with Gasteiger partial charge in [-0.25, -0.2) is 0 Å². The highest BCUT2D eigenvalue weighted by Gasteiger charge is 2.40. The number of rotatable bonds is 15. The van der Waals surface area contributed by atoms with E-state index in [0.29, 0.717) is 0 Å². The van der Waals surface area contributed by atoms with Gasteiger partial charge in [-0.3, -0.25) is 0 Å². The van der Waals surface area contributed by atoms with Crippen LogP contribution in [-0.2, 0) is 9.47 Å². The summed E-state index contributed by atoms with van der Waals surface area (Å²) in [7, 11) is 1.63. The number of hydrogen-bond acceptors (Lipinski definition) is 5. The van der Waals surface area contributed by atoms with Gasteiger partial charge in [-0.1, -0.05) is 59.3 Å². The predicted octanol–water partition coefficient (Wildman–Crippen LogP) is 5.74. The Morgan fingerprint density at radius 1 is 0.960 bits per heavy atom. The van der Waals surface area contributed by atoms with Gasteiger partial charge in [0, 0.05) is 21.3 Å². The number of unbranched alkanes of at least 4 members (excludes halogenated alkanes) is 3. The van der Waals surface area contributed by atoms with Gasteiger partial charge in [0.15, 0.2) is 18.7 Å². The highest BCUT2D eigenvalue weighted by atomic mass is 31.1. The van der Waals surface area contributed by atoms with Gasteiger partial charge in [0.05, 0.1) is 0 Å². The summed E-state index contributed by atoms with van der Waals surface area (Å²) in [5, 5.41) is 18.5. The van der Waals surface area contributed by atoms with Crippen LogP contribution in [0, 0.1) is 28.3 Å². The highest BCUT2D eigenvalue weighted by Crippen LogP contribution is 2.49. The van der Waals surface area contributed by atoms with Crippen molar-refractivity contribution in [2.45, 2.75) is 97.6 Å². The van der Waals surface area contributed by atoms with E-state index in [1.54, 1.807) is 7.11 Å². The Labute approximate surface area is 156 Å². The molecule has 0 spiro atoms. The first kappa shape index (κ1) is 24.1. The zero-order chi connectivity index (χ0) is 19.1. The summed E-state index contributed by atoms with van der Waals surface area (Å²) in [5.41, 5.74) is -0.000779. The average Bonchev–Trinajstić information content (AvgIpc) is 2.64. The summed E-state index contributed by atoms with van der Waals surface area (Å²) in [4.78, 5) is 0. The number of nitrogens with zero attached hydrogens (tertiary/aromatic N) is 3. The first-order valence-corrected chi connectivity index (χ1v) is 10.6. The van der Waals surface area contributed by atoms with Crippen LogP contribution in [0.3, 0.4) is 0 Å². The van der Waals surface area contributed by atoms with E-state index in [9.17, 15) is 10.5 Å². The molecule has 0 saturated carbocycles. The molecule has 0 bridgehead atoms. The number of hydrogen-bond donors (Lipinski definition) is 0. The van der Waals surface area contributed by atoms with Gasteiger partial charge >= 0.3 is 0 Å². The Morgan fingerprint density at radius 2 is 1.40 bits per heavy atom. The maximum Gasteiger partial charge on any atom is 0.197 e. The Bertz CT molecular complexity index is 384. The monoisotopic (exact) mass is 369 g/mol. The minimum Gasteiger partial charge on any atom is -0.356 e. The molecule has 144 valence electrons. The van der Waals surface area contributed by atoms with Crippen molar-refractivity contribution < 1.29 is 9.47 Å². The largest absolute Gasteiger partial charge is 0.356 e. The standard InChI is InChI=1S/C19H36N3O2P/c1-6-9-12-19(13-10-7-2,14-11-8-3)18(24-17(4)23-5)25-22(15-20)16-21/h17-18,25H,6-14H2,1-5H3. The molecule has 3 unspecified atom stereocenters. The van der Waals surface area contributed by atoms with Crippen LogP contribution in [0.15, 0.2) is 0 Å². The Morgan fingerprint density at radius 3 is 1.72 bits per heavy atom. The first-order valence-electron chi connectivity index (χ1n) is 9.57. The molecule has 3 atom stereocenters. The van der Waals surface area contributed by atoms with Gasteiger partial charge in [-0.05, 0) is 26.2 Å². The summed E-state index contributed by atoms with van der Waals surface area (Å²) in [6.07, 6.45) is 13.6. The Hall–Kier alpha value is -0.870. The van der Waals surface area contributed by atoms with E-state index in [2.05, 4.69) is 20.8 Å². The molecule has 0 rings (SSSR count). The minimum absolute atomic E-state index is 0.000779. The predicted molar refractivity (Wildman–Crippen MR) is 104 cm³/mol. The van der Waals surface area contributed by atoms with Crippen LogP contribution in [0.2, 0.25) is 0 Å². The molecule has 0 radical (unpaired) electrons. The molecule has 6 heteroatoms. The number of methoxy groups -OCH3 is 1. The van der Waals surface area contributed by atoms with E-state index in [1.165, 1.54) is 0 Å². The fourth-order valence-corrected chi connectivity index (χ4v) is 4.42. The summed E-state index contributed by atoms with van der Waals surface area (Å²) >= 11 is 0. The second-order valence-electron chi connectivity index (χ2n) is 6.66. The molecule has 0 heterocycles. The quantitative estimate of drug-likeness (QED) is 0.159. The van der Waals surface area contributed by atoms with Gasteiger partial charge < -0.3 is 9.47 Å².